The van der Waals surface area contributed by atoms with Crippen LogP contribution in [0.25, 0.3) is 5.52 Å². The number of pyridine rings is 1. The first kappa shape index (κ1) is 13.5. The van der Waals surface area contributed by atoms with E-state index in [1.807, 2.05) is 34.6 Å². The Bertz CT molecular complexity index is 617. The first-order chi connectivity index (χ1) is 9.78. The van der Waals surface area contributed by atoms with Crippen LogP contribution in [-0.4, -0.2) is 33.5 Å². The zero-order valence-electron chi connectivity index (χ0n) is 11.5. The van der Waals surface area contributed by atoms with Crippen LogP contribution in [0.4, 0.5) is 0 Å². The Morgan fingerprint density at radius 2 is 2.40 bits per heavy atom. The quantitative estimate of drug-likeness (QED) is 0.815. The van der Waals surface area contributed by atoms with Gasteiger partial charge < -0.3 is 9.14 Å². The second-order valence-electron chi connectivity index (χ2n) is 5.07. The Morgan fingerprint density at radius 3 is 3.15 bits per heavy atom. The number of aromatic nitrogens is 2. The van der Waals surface area contributed by atoms with Crippen LogP contribution in [0.15, 0.2) is 24.5 Å². The van der Waals surface area contributed by atoms with Crippen LogP contribution >= 0.6 is 11.8 Å². The molecule has 4 nitrogen and oxygen atoms in total. The fourth-order valence-electron chi connectivity index (χ4n) is 2.61. The van der Waals surface area contributed by atoms with Crippen LogP contribution in [-0.2, 0) is 11.2 Å². The summed E-state index contributed by atoms with van der Waals surface area (Å²) in [6, 6.07) is 3.69. The minimum atomic E-state index is -0.307. The molecule has 106 valence electrons. The lowest BCUT2D eigenvalue weighted by Crippen LogP contribution is -2.14. The van der Waals surface area contributed by atoms with E-state index in [9.17, 15) is 4.79 Å². The molecule has 1 unspecified atom stereocenters. The van der Waals surface area contributed by atoms with E-state index in [-0.39, 0.29) is 5.97 Å². The lowest BCUT2D eigenvalue weighted by atomic mass is 10.1. The highest BCUT2D eigenvalue weighted by atomic mass is 32.2. The van der Waals surface area contributed by atoms with Crippen molar-refractivity contribution < 1.29 is 9.53 Å². The molecule has 1 aliphatic rings. The molecular weight excluding hydrogens is 272 g/mol. The molecule has 0 saturated carbocycles. The molecular formula is C15H18N2O2S. The Kier molecular flexibility index (Phi) is 3.96. The fourth-order valence-corrected chi connectivity index (χ4v) is 3.91. The summed E-state index contributed by atoms with van der Waals surface area (Å²) in [5.41, 5.74) is 1.59. The van der Waals surface area contributed by atoms with Gasteiger partial charge in [0, 0.05) is 17.9 Å². The summed E-state index contributed by atoms with van der Waals surface area (Å²) in [7, 11) is 1.40. The first-order valence-corrected chi connectivity index (χ1v) is 7.98. The maximum Gasteiger partial charge on any atom is 0.339 e. The van der Waals surface area contributed by atoms with Crippen LogP contribution < -0.4 is 0 Å². The van der Waals surface area contributed by atoms with Gasteiger partial charge in [-0.05, 0) is 30.7 Å². The largest absolute Gasteiger partial charge is 0.465 e. The van der Waals surface area contributed by atoms with Crippen LogP contribution in [0.2, 0.25) is 0 Å². The third-order valence-electron chi connectivity index (χ3n) is 3.71. The summed E-state index contributed by atoms with van der Waals surface area (Å²) < 4.78 is 6.79. The monoisotopic (exact) mass is 290 g/mol. The topological polar surface area (TPSA) is 43.6 Å². The van der Waals surface area contributed by atoms with E-state index < -0.39 is 0 Å². The summed E-state index contributed by atoms with van der Waals surface area (Å²) in [4.78, 5) is 16.1. The number of hydrogen-bond donors (Lipinski definition) is 0. The number of fused-ring (bicyclic) bond motifs is 1. The number of thioether (sulfide) groups is 1. The lowest BCUT2D eigenvalue weighted by molar-refractivity contribution is 0.0600. The zero-order chi connectivity index (χ0) is 13.9. The van der Waals surface area contributed by atoms with Crippen molar-refractivity contribution in [2.24, 2.45) is 0 Å². The number of methoxy groups -OCH3 is 1. The molecule has 5 heteroatoms. The van der Waals surface area contributed by atoms with Crippen LogP contribution in [0.5, 0.6) is 0 Å². The van der Waals surface area contributed by atoms with E-state index in [1.54, 1.807) is 6.07 Å². The van der Waals surface area contributed by atoms with Crippen LogP contribution in [0.3, 0.4) is 0 Å². The molecule has 1 aliphatic heterocycles. The molecule has 3 rings (SSSR count). The Hall–Kier alpha value is -1.49. The number of carbonyl (C=O) groups is 1. The van der Waals surface area contributed by atoms with E-state index >= 15 is 0 Å². The number of nitrogens with zero attached hydrogens (tertiary/aromatic N) is 2. The molecule has 1 saturated heterocycles. The maximum absolute atomic E-state index is 11.6. The highest BCUT2D eigenvalue weighted by Crippen LogP contribution is 2.27. The molecule has 3 heterocycles. The van der Waals surface area contributed by atoms with Gasteiger partial charge in [-0.1, -0.05) is 6.42 Å². The normalized spacial score (nSPS) is 19.1. The number of esters is 1. The number of hydrogen-bond acceptors (Lipinski definition) is 4. The van der Waals surface area contributed by atoms with Crippen molar-refractivity contribution in [2.45, 2.75) is 30.9 Å². The van der Waals surface area contributed by atoms with Crippen LogP contribution in [0.1, 0.15) is 35.4 Å². The molecule has 1 atom stereocenters. The number of rotatable bonds is 3. The fraction of sp³-hybridized carbons (Fsp3) is 0.467. The maximum atomic E-state index is 11.6. The van der Waals surface area contributed by atoms with Gasteiger partial charge in [0.05, 0.1) is 24.4 Å². The summed E-state index contributed by atoms with van der Waals surface area (Å²) in [5, 5.41) is 0.649. The van der Waals surface area contributed by atoms with Crippen molar-refractivity contribution in [2.75, 3.05) is 12.9 Å². The van der Waals surface area contributed by atoms with Gasteiger partial charge in [-0.3, -0.25) is 0 Å². The van der Waals surface area contributed by atoms with Crippen molar-refractivity contribution in [1.82, 2.24) is 9.38 Å². The Morgan fingerprint density at radius 1 is 1.50 bits per heavy atom. The molecule has 2 aromatic rings. The highest BCUT2D eigenvalue weighted by molar-refractivity contribution is 7.99. The van der Waals surface area contributed by atoms with Crippen LogP contribution in [0, 0.1) is 0 Å². The molecule has 1 fully saturated rings. The second-order valence-corrected chi connectivity index (χ2v) is 6.48. The molecule has 20 heavy (non-hydrogen) atoms. The SMILES string of the molecule is COC(=O)c1ccc2cnc(CC3CCCCS3)n2c1. The van der Waals surface area contributed by atoms with Crippen molar-refractivity contribution in [3.63, 3.8) is 0 Å². The van der Waals surface area contributed by atoms with Crippen molar-refractivity contribution >= 4 is 23.2 Å². The van der Waals surface area contributed by atoms with Crippen molar-refractivity contribution in [3.8, 4) is 0 Å². The summed E-state index contributed by atoms with van der Waals surface area (Å²) in [6.07, 6.45) is 8.56. The average molecular weight is 290 g/mol. The van der Waals surface area contributed by atoms with E-state index in [0.29, 0.717) is 10.8 Å². The summed E-state index contributed by atoms with van der Waals surface area (Å²) in [5.74, 6) is 1.98. The third-order valence-corrected chi connectivity index (χ3v) is 5.11. The average Bonchev–Trinajstić information content (AvgIpc) is 2.90. The van der Waals surface area contributed by atoms with Gasteiger partial charge in [-0.25, -0.2) is 9.78 Å². The van der Waals surface area contributed by atoms with E-state index in [2.05, 4.69) is 4.98 Å². The Labute approximate surface area is 122 Å². The second kappa shape index (κ2) is 5.87. The summed E-state index contributed by atoms with van der Waals surface area (Å²) >= 11 is 2.04. The molecule has 0 amide bonds. The summed E-state index contributed by atoms with van der Waals surface area (Å²) in [6.45, 7) is 0. The molecule has 0 spiro atoms. The van der Waals surface area contributed by atoms with Gasteiger partial charge in [-0.15, -0.1) is 0 Å². The zero-order valence-corrected chi connectivity index (χ0v) is 12.4. The van der Waals surface area contributed by atoms with Gasteiger partial charge in [0.15, 0.2) is 0 Å². The molecule has 0 bridgehead atoms. The van der Waals surface area contributed by atoms with Crippen molar-refractivity contribution in [3.05, 3.63) is 35.9 Å². The predicted octanol–water partition coefficient (Wildman–Crippen LogP) is 2.95. The smallest absolute Gasteiger partial charge is 0.339 e. The van der Waals surface area contributed by atoms with Gasteiger partial charge in [0.2, 0.25) is 0 Å². The molecule has 0 aromatic carbocycles. The predicted molar refractivity (Wildman–Crippen MR) is 80.3 cm³/mol. The van der Waals surface area contributed by atoms with Crippen molar-refractivity contribution in [1.29, 1.82) is 0 Å². The standard InChI is InChI=1S/C15H18N2O2S/c1-19-15(18)11-5-6-12-9-16-14(17(12)10-11)8-13-4-2-3-7-20-13/h5-6,9-10,13H,2-4,7-8H2,1H3. The van der Waals surface area contributed by atoms with Gasteiger partial charge >= 0.3 is 5.97 Å². The first-order valence-electron chi connectivity index (χ1n) is 6.94. The molecule has 2 aromatic heterocycles. The third kappa shape index (κ3) is 2.68. The van der Waals surface area contributed by atoms with Gasteiger partial charge in [0.25, 0.3) is 0 Å². The Balaban J connectivity index is 1.88. The van der Waals surface area contributed by atoms with Gasteiger partial charge in [0.1, 0.15) is 5.82 Å². The molecule has 0 N–H and O–H groups in total. The van der Waals surface area contributed by atoms with E-state index in [1.165, 1.54) is 32.1 Å². The molecule has 0 aliphatic carbocycles. The number of carbonyl (C=O) groups excluding carboxylic acids is 1. The number of ether oxygens (including phenoxy) is 1. The highest BCUT2D eigenvalue weighted by Gasteiger charge is 2.17. The van der Waals surface area contributed by atoms with E-state index in [4.69, 9.17) is 4.74 Å². The minimum Gasteiger partial charge on any atom is -0.465 e. The van der Waals surface area contributed by atoms with Gasteiger partial charge in [-0.2, -0.15) is 11.8 Å². The minimum absolute atomic E-state index is 0.307. The van der Waals surface area contributed by atoms with E-state index in [0.717, 1.165) is 17.8 Å². The lowest BCUT2D eigenvalue weighted by Gasteiger charge is -2.20. The number of imidazole rings is 1. The molecule has 0 radical (unpaired) electrons.